The largest absolute Gasteiger partial charge is 0.324 e. The Hall–Kier alpha value is -3.26. The maximum absolute atomic E-state index is 13.0. The van der Waals surface area contributed by atoms with E-state index < -0.39 is 23.9 Å². The number of benzene rings is 2. The molecule has 2 aliphatic rings. The predicted octanol–water partition coefficient (Wildman–Crippen LogP) is 3.20. The molecule has 0 aliphatic carbocycles. The molecule has 1 saturated heterocycles. The van der Waals surface area contributed by atoms with Crippen LogP contribution in [0.2, 0.25) is 5.02 Å². The smallest absolute Gasteiger partial charge is 0.263 e. The van der Waals surface area contributed by atoms with Crippen LogP contribution in [0.3, 0.4) is 0 Å². The van der Waals surface area contributed by atoms with Crippen LogP contribution in [0, 0.1) is 20.8 Å². The van der Waals surface area contributed by atoms with Gasteiger partial charge in [0.2, 0.25) is 5.91 Å². The summed E-state index contributed by atoms with van der Waals surface area (Å²) in [7, 11) is 0. The number of carbonyl (C=O) groups excluding carboxylic acids is 3. The summed E-state index contributed by atoms with van der Waals surface area (Å²) in [4.78, 5) is 39.4. The maximum Gasteiger partial charge on any atom is 0.263 e. The minimum atomic E-state index is -0.967. The topological polar surface area (TPSA) is 94.4 Å². The Bertz CT molecular complexity index is 1100. The molecule has 0 bridgehead atoms. The van der Waals surface area contributed by atoms with Crippen molar-refractivity contribution in [2.24, 2.45) is 10.3 Å². The molecular formula is C21H20ClN5O3. The number of halogens is 1. The standard InChI is InChI=1S/C21H20ClN5O3/c1-11-5-4-6-16(13(11)3)23-17(28)10-26-19-18(24-25-26)20(29)27(21(19)30)14-8-7-12(2)15(22)9-14/h4-9,18-19H,10H2,1-3H3,(H,23,28)/t18-,19-/m0/s1. The van der Waals surface area contributed by atoms with Gasteiger partial charge in [0, 0.05) is 10.7 Å². The first-order chi connectivity index (χ1) is 14.3. The van der Waals surface area contributed by atoms with E-state index in [-0.39, 0.29) is 12.5 Å². The Morgan fingerprint density at radius 2 is 1.87 bits per heavy atom. The highest BCUT2D eigenvalue weighted by Gasteiger charge is 2.55. The molecule has 2 aromatic carbocycles. The van der Waals surface area contributed by atoms with Crippen LogP contribution in [0.1, 0.15) is 16.7 Å². The van der Waals surface area contributed by atoms with Crippen molar-refractivity contribution in [2.45, 2.75) is 32.9 Å². The summed E-state index contributed by atoms with van der Waals surface area (Å²) < 4.78 is 0. The second kappa shape index (κ2) is 7.53. The SMILES string of the molecule is Cc1ccc(N2C(=O)[C@H]3N=NN(CC(=O)Nc4cccc(C)c4C)[C@@H]3C2=O)cc1Cl. The first-order valence-corrected chi connectivity index (χ1v) is 9.83. The zero-order valence-electron chi connectivity index (χ0n) is 16.7. The van der Waals surface area contributed by atoms with Crippen molar-refractivity contribution in [2.75, 3.05) is 16.8 Å². The Balaban J connectivity index is 1.51. The van der Waals surface area contributed by atoms with Gasteiger partial charge >= 0.3 is 0 Å². The molecule has 2 aliphatic heterocycles. The van der Waals surface area contributed by atoms with E-state index in [0.29, 0.717) is 16.4 Å². The van der Waals surface area contributed by atoms with E-state index in [0.717, 1.165) is 21.6 Å². The van der Waals surface area contributed by atoms with Crippen LogP contribution >= 0.6 is 11.6 Å². The number of aryl methyl sites for hydroxylation is 2. The molecule has 0 saturated carbocycles. The second-order valence-corrected chi connectivity index (χ2v) is 7.84. The van der Waals surface area contributed by atoms with Crippen LogP contribution in [0.25, 0.3) is 0 Å². The summed E-state index contributed by atoms with van der Waals surface area (Å²) in [6.45, 7) is 5.51. The van der Waals surface area contributed by atoms with Crippen molar-refractivity contribution in [1.82, 2.24) is 5.01 Å². The third-order valence-corrected chi connectivity index (χ3v) is 5.86. The number of anilines is 2. The lowest BCUT2D eigenvalue weighted by Crippen LogP contribution is -2.43. The highest BCUT2D eigenvalue weighted by molar-refractivity contribution is 6.32. The number of nitrogens with zero attached hydrogens (tertiary/aromatic N) is 4. The monoisotopic (exact) mass is 425 g/mol. The summed E-state index contributed by atoms with van der Waals surface area (Å²) in [5.41, 5.74) is 3.92. The molecule has 1 N–H and O–H groups in total. The molecule has 1 fully saturated rings. The maximum atomic E-state index is 13.0. The van der Waals surface area contributed by atoms with E-state index in [4.69, 9.17) is 11.6 Å². The fraction of sp³-hybridized carbons (Fsp3) is 0.286. The molecule has 0 radical (unpaired) electrons. The van der Waals surface area contributed by atoms with Crippen LogP contribution in [-0.4, -0.2) is 41.4 Å². The van der Waals surface area contributed by atoms with Gasteiger partial charge in [0.05, 0.1) is 5.69 Å². The molecule has 2 atom stereocenters. The van der Waals surface area contributed by atoms with Gasteiger partial charge < -0.3 is 5.32 Å². The number of nitrogens with one attached hydrogen (secondary N) is 1. The lowest BCUT2D eigenvalue weighted by molar-refractivity contribution is -0.123. The lowest BCUT2D eigenvalue weighted by atomic mass is 10.1. The average molecular weight is 426 g/mol. The number of imide groups is 1. The van der Waals surface area contributed by atoms with Crippen molar-refractivity contribution in [3.05, 3.63) is 58.1 Å². The van der Waals surface area contributed by atoms with Crippen LogP contribution in [0.5, 0.6) is 0 Å². The first-order valence-electron chi connectivity index (χ1n) is 9.45. The normalized spacial score (nSPS) is 20.1. The molecule has 2 heterocycles. The van der Waals surface area contributed by atoms with Gasteiger partial charge in [0.25, 0.3) is 11.8 Å². The summed E-state index contributed by atoms with van der Waals surface area (Å²) in [5, 5.41) is 12.4. The van der Waals surface area contributed by atoms with Crippen molar-refractivity contribution in [3.63, 3.8) is 0 Å². The second-order valence-electron chi connectivity index (χ2n) is 7.43. The van der Waals surface area contributed by atoms with Gasteiger partial charge in [-0.1, -0.05) is 35.0 Å². The van der Waals surface area contributed by atoms with Crippen LogP contribution in [0.15, 0.2) is 46.7 Å². The van der Waals surface area contributed by atoms with Gasteiger partial charge in [-0.2, -0.15) is 5.11 Å². The fourth-order valence-corrected chi connectivity index (χ4v) is 3.73. The molecule has 0 unspecified atom stereocenters. The van der Waals surface area contributed by atoms with Crippen molar-refractivity contribution >= 4 is 40.7 Å². The van der Waals surface area contributed by atoms with E-state index in [2.05, 4.69) is 15.7 Å². The van der Waals surface area contributed by atoms with Crippen molar-refractivity contribution in [1.29, 1.82) is 0 Å². The summed E-state index contributed by atoms with van der Waals surface area (Å²) in [5.74, 6) is -1.30. The number of rotatable bonds is 4. The minimum absolute atomic E-state index is 0.195. The Labute approximate surface area is 178 Å². The molecule has 2 aromatic rings. The quantitative estimate of drug-likeness (QED) is 0.761. The molecule has 0 aromatic heterocycles. The summed E-state index contributed by atoms with van der Waals surface area (Å²) >= 11 is 6.15. The third-order valence-electron chi connectivity index (χ3n) is 5.46. The molecule has 0 spiro atoms. The molecule has 4 rings (SSSR count). The third kappa shape index (κ3) is 3.33. The number of amides is 3. The van der Waals surface area contributed by atoms with Crippen LogP contribution in [0.4, 0.5) is 11.4 Å². The Morgan fingerprint density at radius 1 is 1.10 bits per heavy atom. The molecule has 8 nitrogen and oxygen atoms in total. The first kappa shape index (κ1) is 20.0. The van der Waals surface area contributed by atoms with Crippen molar-refractivity contribution < 1.29 is 14.4 Å². The average Bonchev–Trinajstić information content (AvgIpc) is 3.21. The zero-order chi connectivity index (χ0) is 21.6. The summed E-state index contributed by atoms with van der Waals surface area (Å²) in [6.07, 6.45) is 0. The number of fused-ring (bicyclic) bond motifs is 1. The van der Waals surface area contributed by atoms with Gasteiger partial charge in [-0.3, -0.25) is 19.4 Å². The highest BCUT2D eigenvalue weighted by atomic mass is 35.5. The van der Waals surface area contributed by atoms with E-state index in [1.165, 1.54) is 5.01 Å². The molecular weight excluding hydrogens is 406 g/mol. The van der Waals surface area contributed by atoms with Gasteiger partial charge in [-0.15, -0.1) is 0 Å². The number of carbonyl (C=O) groups is 3. The Kier molecular flexibility index (Phi) is 5.03. The number of hydrogen-bond donors (Lipinski definition) is 1. The van der Waals surface area contributed by atoms with Gasteiger partial charge in [0.15, 0.2) is 12.1 Å². The van der Waals surface area contributed by atoms with Crippen LogP contribution in [-0.2, 0) is 14.4 Å². The molecule has 154 valence electrons. The molecule has 30 heavy (non-hydrogen) atoms. The van der Waals surface area contributed by atoms with E-state index in [9.17, 15) is 14.4 Å². The van der Waals surface area contributed by atoms with E-state index >= 15 is 0 Å². The molecule has 3 amide bonds. The van der Waals surface area contributed by atoms with E-state index in [1.807, 2.05) is 39.0 Å². The zero-order valence-corrected chi connectivity index (χ0v) is 17.5. The van der Waals surface area contributed by atoms with Gasteiger partial charge in [-0.25, -0.2) is 4.90 Å². The summed E-state index contributed by atoms with van der Waals surface area (Å²) in [6, 6.07) is 8.68. The fourth-order valence-electron chi connectivity index (χ4n) is 3.55. The minimum Gasteiger partial charge on any atom is -0.324 e. The number of hydrogen-bond acceptors (Lipinski definition) is 6. The highest BCUT2D eigenvalue weighted by Crippen LogP contribution is 2.33. The van der Waals surface area contributed by atoms with Crippen LogP contribution < -0.4 is 10.2 Å². The van der Waals surface area contributed by atoms with Gasteiger partial charge in [0.1, 0.15) is 6.54 Å². The lowest BCUT2D eigenvalue weighted by Gasteiger charge is -2.20. The Morgan fingerprint density at radius 3 is 2.60 bits per heavy atom. The van der Waals surface area contributed by atoms with Gasteiger partial charge in [-0.05, 0) is 55.7 Å². The predicted molar refractivity (Wildman–Crippen MR) is 112 cm³/mol. The van der Waals surface area contributed by atoms with E-state index in [1.54, 1.807) is 18.2 Å². The molecule has 9 heteroatoms. The van der Waals surface area contributed by atoms with Crippen molar-refractivity contribution in [3.8, 4) is 0 Å².